The van der Waals surface area contributed by atoms with Crippen molar-refractivity contribution in [3.8, 4) is 0 Å². The molecule has 7 heteroatoms. The van der Waals surface area contributed by atoms with Crippen LogP contribution in [0.5, 0.6) is 0 Å². The van der Waals surface area contributed by atoms with Crippen LogP contribution in [0.2, 0.25) is 0 Å². The number of hydrogen-bond acceptors (Lipinski definition) is 4. The van der Waals surface area contributed by atoms with Gasteiger partial charge in [0.2, 0.25) is 5.91 Å². The summed E-state index contributed by atoms with van der Waals surface area (Å²) in [5.74, 6) is -2.34. The second-order valence-corrected chi connectivity index (χ2v) is 4.68. The van der Waals surface area contributed by atoms with Crippen LogP contribution in [0.3, 0.4) is 0 Å². The summed E-state index contributed by atoms with van der Waals surface area (Å²) in [6.45, 7) is 0. The van der Waals surface area contributed by atoms with Crippen molar-refractivity contribution >= 4 is 11.9 Å². The molecule has 0 spiro atoms. The van der Waals surface area contributed by atoms with E-state index in [1.54, 1.807) is 0 Å². The number of aromatic nitrogens is 3. The fourth-order valence-corrected chi connectivity index (χ4v) is 2.98. The SMILES string of the molecule is O=C(O)[C@@H]1[C@@H](C(=O)Nn2cnnc2)[C@H]2C=C[C@H]1C2. The summed E-state index contributed by atoms with van der Waals surface area (Å²) in [6, 6.07) is 0. The Morgan fingerprint density at radius 2 is 1.78 bits per heavy atom. The molecule has 2 bridgehead atoms. The number of nitrogens with zero attached hydrogens (tertiary/aromatic N) is 3. The molecule has 1 aromatic heterocycles. The number of carboxylic acid groups (broad SMARTS) is 1. The van der Waals surface area contributed by atoms with Crippen molar-refractivity contribution in [2.75, 3.05) is 5.43 Å². The van der Waals surface area contributed by atoms with Gasteiger partial charge < -0.3 is 5.11 Å². The fraction of sp³-hybridized carbons (Fsp3) is 0.455. The molecule has 2 aliphatic rings. The molecular formula is C11H12N4O3. The van der Waals surface area contributed by atoms with Crippen molar-refractivity contribution in [3.05, 3.63) is 24.8 Å². The topological polar surface area (TPSA) is 97.1 Å². The number of fused-ring (bicyclic) bond motifs is 2. The quantitative estimate of drug-likeness (QED) is 0.726. The van der Waals surface area contributed by atoms with E-state index in [1.165, 1.54) is 17.3 Å². The Morgan fingerprint density at radius 3 is 2.39 bits per heavy atom. The highest BCUT2D eigenvalue weighted by Gasteiger charge is 2.51. The Bertz CT molecular complexity index is 510. The first kappa shape index (κ1) is 10.9. The van der Waals surface area contributed by atoms with Gasteiger partial charge in [0.05, 0.1) is 11.8 Å². The summed E-state index contributed by atoms with van der Waals surface area (Å²) in [7, 11) is 0. The van der Waals surface area contributed by atoms with Gasteiger partial charge in [-0.3, -0.25) is 15.0 Å². The van der Waals surface area contributed by atoms with Gasteiger partial charge in [0, 0.05) is 0 Å². The van der Waals surface area contributed by atoms with Crippen LogP contribution in [0.4, 0.5) is 0 Å². The maximum atomic E-state index is 12.1. The Morgan fingerprint density at radius 1 is 1.17 bits per heavy atom. The molecular weight excluding hydrogens is 236 g/mol. The largest absolute Gasteiger partial charge is 0.481 e. The van der Waals surface area contributed by atoms with Crippen LogP contribution in [0, 0.1) is 23.7 Å². The molecule has 3 rings (SSSR count). The minimum atomic E-state index is -0.907. The zero-order valence-corrected chi connectivity index (χ0v) is 9.43. The second kappa shape index (κ2) is 3.94. The van der Waals surface area contributed by atoms with Crippen LogP contribution < -0.4 is 5.43 Å². The zero-order valence-electron chi connectivity index (χ0n) is 9.43. The summed E-state index contributed by atoms with van der Waals surface area (Å²) in [4.78, 5) is 23.4. The summed E-state index contributed by atoms with van der Waals surface area (Å²) in [5, 5.41) is 16.4. The van der Waals surface area contributed by atoms with Crippen LogP contribution in [0.25, 0.3) is 0 Å². The maximum Gasteiger partial charge on any atom is 0.307 e. The van der Waals surface area contributed by atoms with Crippen LogP contribution in [-0.4, -0.2) is 31.9 Å². The molecule has 4 atom stereocenters. The minimum Gasteiger partial charge on any atom is -0.481 e. The number of hydrogen-bond donors (Lipinski definition) is 2. The maximum absolute atomic E-state index is 12.1. The first-order chi connectivity index (χ1) is 8.66. The molecule has 0 aliphatic heterocycles. The van der Waals surface area contributed by atoms with Crippen molar-refractivity contribution < 1.29 is 14.7 Å². The van der Waals surface area contributed by atoms with Gasteiger partial charge >= 0.3 is 5.97 Å². The highest BCUT2D eigenvalue weighted by atomic mass is 16.4. The number of carboxylic acids is 1. The first-order valence-electron chi connectivity index (χ1n) is 5.73. The Kier molecular flexibility index (Phi) is 2.39. The van der Waals surface area contributed by atoms with Gasteiger partial charge in [-0.1, -0.05) is 12.2 Å². The van der Waals surface area contributed by atoms with Crippen LogP contribution >= 0.6 is 0 Å². The van der Waals surface area contributed by atoms with E-state index < -0.39 is 17.8 Å². The lowest BCUT2D eigenvalue weighted by molar-refractivity contribution is -0.147. The van der Waals surface area contributed by atoms with Crippen LogP contribution in [0.15, 0.2) is 24.8 Å². The van der Waals surface area contributed by atoms with Crippen molar-refractivity contribution in [3.63, 3.8) is 0 Å². The van der Waals surface area contributed by atoms with Gasteiger partial charge in [-0.05, 0) is 18.3 Å². The molecule has 1 saturated carbocycles. The average Bonchev–Trinajstić information content (AvgIpc) is 3.03. The molecule has 1 amide bonds. The lowest BCUT2D eigenvalue weighted by Gasteiger charge is -2.23. The van der Waals surface area contributed by atoms with Crippen molar-refractivity contribution in [1.82, 2.24) is 14.9 Å². The number of carbonyl (C=O) groups is 2. The number of carbonyl (C=O) groups excluding carboxylic acids is 1. The van der Waals surface area contributed by atoms with E-state index in [2.05, 4.69) is 15.6 Å². The Labute approximate surface area is 102 Å². The number of allylic oxidation sites excluding steroid dienone is 2. The molecule has 0 aromatic carbocycles. The molecule has 0 unspecified atom stereocenters. The molecule has 18 heavy (non-hydrogen) atoms. The molecule has 0 radical (unpaired) electrons. The van der Waals surface area contributed by atoms with Gasteiger partial charge in [0.1, 0.15) is 12.7 Å². The third-order valence-corrected chi connectivity index (χ3v) is 3.71. The van der Waals surface area contributed by atoms with Crippen LogP contribution in [0.1, 0.15) is 6.42 Å². The molecule has 1 aromatic rings. The van der Waals surface area contributed by atoms with Crippen molar-refractivity contribution in [1.29, 1.82) is 0 Å². The minimum absolute atomic E-state index is 0.0209. The third kappa shape index (κ3) is 1.59. The molecule has 94 valence electrons. The lowest BCUT2D eigenvalue weighted by atomic mass is 9.82. The van der Waals surface area contributed by atoms with Gasteiger partial charge in [-0.25, -0.2) is 4.68 Å². The Hall–Kier alpha value is -2.18. The summed E-state index contributed by atoms with van der Waals surface area (Å²) >= 11 is 0. The third-order valence-electron chi connectivity index (χ3n) is 3.71. The van der Waals surface area contributed by atoms with E-state index in [9.17, 15) is 14.7 Å². The predicted octanol–water partition coefficient (Wildman–Crippen LogP) is -0.129. The molecule has 7 nitrogen and oxygen atoms in total. The van der Waals surface area contributed by atoms with E-state index in [0.29, 0.717) is 0 Å². The predicted molar refractivity (Wildman–Crippen MR) is 59.7 cm³/mol. The monoisotopic (exact) mass is 248 g/mol. The van der Waals surface area contributed by atoms with Gasteiger partial charge in [-0.2, -0.15) is 0 Å². The lowest BCUT2D eigenvalue weighted by Crippen LogP contribution is -2.38. The number of amides is 1. The second-order valence-electron chi connectivity index (χ2n) is 4.68. The first-order valence-corrected chi connectivity index (χ1v) is 5.73. The standard InChI is InChI=1S/C11H12N4O3/c16-10(14-15-4-12-13-5-15)8-6-1-2-7(3-6)9(8)11(17)18/h1-2,4-9H,3H2,(H,14,16)(H,17,18)/t6-,7-,8-,9-/m0/s1. The van der Waals surface area contributed by atoms with Crippen LogP contribution in [-0.2, 0) is 9.59 Å². The number of aliphatic carboxylic acids is 1. The number of rotatable bonds is 3. The molecule has 2 aliphatic carbocycles. The van der Waals surface area contributed by atoms with Crippen molar-refractivity contribution in [2.24, 2.45) is 23.7 Å². The normalized spacial score (nSPS) is 32.7. The van der Waals surface area contributed by atoms with Gasteiger partial charge in [-0.15, -0.1) is 10.2 Å². The van der Waals surface area contributed by atoms with Gasteiger partial charge in [0.25, 0.3) is 0 Å². The number of nitrogens with one attached hydrogen (secondary N) is 1. The van der Waals surface area contributed by atoms with E-state index in [1.807, 2.05) is 12.2 Å². The van der Waals surface area contributed by atoms with E-state index in [-0.39, 0.29) is 17.7 Å². The fourth-order valence-electron chi connectivity index (χ4n) is 2.98. The average molecular weight is 248 g/mol. The van der Waals surface area contributed by atoms with Gasteiger partial charge in [0.15, 0.2) is 0 Å². The van der Waals surface area contributed by atoms with E-state index in [0.717, 1.165) is 6.42 Å². The smallest absolute Gasteiger partial charge is 0.307 e. The summed E-state index contributed by atoms with van der Waals surface area (Å²) in [6.07, 6.45) is 7.32. The summed E-state index contributed by atoms with van der Waals surface area (Å²) < 4.78 is 1.33. The highest BCUT2D eigenvalue weighted by molar-refractivity contribution is 5.91. The molecule has 0 saturated heterocycles. The van der Waals surface area contributed by atoms with E-state index >= 15 is 0 Å². The van der Waals surface area contributed by atoms with E-state index in [4.69, 9.17) is 0 Å². The molecule has 1 fully saturated rings. The summed E-state index contributed by atoms with van der Waals surface area (Å²) in [5.41, 5.74) is 2.59. The highest BCUT2D eigenvalue weighted by Crippen LogP contribution is 2.48. The Balaban J connectivity index is 1.80. The molecule has 1 heterocycles. The zero-order chi connectivity index (χ0) is 12.7. The van der Waals surface area contributed by atoms with Crippen molar-refractivity contribution in [2.45, 2.75) is 6.42 Å². The molecule has 2 N–H and O–H groups in total.